The number of amides is 1. The van der Waals surface area contributed by atoms with Crippen molar-refractivity contribution in [3.63, 3.8) is 0 Å². The van der Waals surface area contributed by atoms with Crippen LogP contribution in [0.3, 0.4) is 0 Å². The third-order valence-electron chi connectivity index (χ3n) is 3.54. The molecule has 0 fully saturated rings. The molecule has 1 aromatic carbocycles. The first-order valence-corrected chi connectivity index (χ1v) is 6.97. The second-order valence-corrected chi connectivity index (χ2v) is 5.09. The fraction of sp³-hybridized carbons (Fsp3) is 0.467. The monoisotopic (exact) mass is 292 g/mol. The predicted octanol–water partition coefficient (Wildman–Crippen LogP) is 0.899. The quantitative estimate of drug-likeness (QED) is 0.650. The maximum Gasteiger partial charge on any atom is 0.326 e. The number of ether oxygens (including phenoxy) is 1. The number of carbonyl (C=O) groups excluding carboxylic acids is 1. The summed E-state index contributed by atoms with van der Waals surface area (Å²) in [4.78, 5) is 23.3. The SMILES string of the molecule is COCCCC(NC(=O)c1ccc2c(c1)CNC2)C(=O)O. The van der Waals surface area contributed by atoms with Gasteiger partial charge >= 0.3 is 5.97 Å². The summed E-state index contributed by atoms with van der Waals surface area (Å²) in [7, 11) is 1.56. The molecule has 3 N–H and O–H groups in total. The maximum absolute atomic E-state index is 12.2. The minimum atomic E-state index is -1.03. The molecule has 1 atom stereocenters. The smallest absolute Gasteiger partial charge is 0.326 e. The van der Waals surface area contributed by atoms with Gasteiger partial charge in [0, 0.05) is 32.4 Å². The van der Waals surface area contributed by atoms with Crippen LogP contribution in [0, 0.1) is 0 Å². The lowest BCUT2D eigenvalue weighted by molar-refractivity contribution is -0.139. The minimum absolute atomic E-state index is 0.349. The average Bonchev–Trinajstić information content (AvgIpc) is 2.93. The summed E-state index contributed by atoms with van der Waals surface area (Å²) in [6, 6.07) is 4.57. The molecule has 6 nitrogen and oxygen atoms in total. The van der Waals surface area contributed by atoms with E-state index in [4.69, 9.17) is 9.84 Å². The summed E-state index contributed by atoms with van der Waals surface area (Å²) in [5.41, 5.74) is 2.77. The molecule has 21 heavy (non-hydrogen) atoms. The van der Waals surface area contributed by atoms with Crippen molar-refractivity contribution in [2.24, 2.45) is 0 Å². The van der Waals surface area contributed by atoms with Gasteiger partial charge in [0.25, 0.3) is 5.91 Å². The van der Waals surface area contributed by atoms with Gasteiger partial charge in [-0.3, -0.25) is 4.79 Å². The van der Waals surface area contributed by atoms with E-state index in [0.717, 1.165) is 18.7 Å². The van der Waals surface area contributed by atoms with Crippen molar-refractivity contribution in [2.45, 2.75) is 32.0 Å². The van der Waals surface area contributed by atoms with Crippen molar-refractivity contribution in [3.05, 3.63) is 34.9 Å². The Hall–Kier alpha value is -1.92. The molecular formula is C15H20N2O4. The van der Waals surface area contributed by atoms with Crippen molar-refractivity contribution < 1.29 is 19.4 Å². The fourth-order valence-corrected chi connectivity index (χ4v) is 2.37. The highest BCUT2D eigenvalue weighted by Crippen LogP contribution is 2.17. The fourth-order valence-electron chi connectivity index (χ4n) is 2.37. The first kappa shape index (κ1) is 15.5. The van der Waals surface area contributed by atoms with Crippen molar-refractivity contribution in [2.75, 3.05) is 13.7 Å². The van der Waals surface area contributed by atoms with Gasteiger partial charge < -0.3 is 20.5 Å². The van der Waals surface area contributed by atoms with Gasteiger partial charge in [0.1, 0.15) is 6.04 Å². The topological polar surface area (TPSA) is 87.7 Å². The molecule has 0 bridgehead atoms. The number of fused-ring (bicyclic) bond motifs is 1. The molecule has 0 spiro atoms. The summed E-state index contributed by atoms with van der Waals surface area (Å²) < 4.78 is 4.90. The number of aliphatic carboxylic acids is 1. The highest BCUT2D eigenvalue weighted by molar-refractivity contribution is 5.96. The molecule has 0 saturated carbocycles. The zero-order valence-electron chi connectivity index (χ0n) is 12.0. The Bertz CT molecular complexity index is 530. The Morgan fingerprint density at radius 2 is 2.14 bits per heavy atom. The zero-order valence-corrected chi connectivity index (χ0v) is 12.0. The molecule has 0 aliphatic carbocycles. The van der Waals surface area contributed by atoms with Crippen LogP contribution in [0.25, 0.3) is 0 Å². The van der Waals surface area contributed by atoms with Crippen LogP contribution >= 0.6 is 0 Å². The Morgan fingerprint density at radius 3 is 2.86 bits per heavy atom. The van der Waals surface area contributed by atoms with Crippen molar-refractivity contribution >= 4 is 11.9 Å². The van der Waals surface area contributed by atoms with E-state index < -0.39 is 12.0 Å². The molecule has 0 saturated heterocycles. The van der Waals surface area contributed by atoms with Gasteiger partial charge in [-0.15, -0.1) is 0 Å². The molecule has 0 aromatic heterocycles. The first-order chi connectivity index (χ1) is 10.1. The second-order valence-electron chi connectivity index (χ2n) is 5.09. The normalized spacial score (nSPS) is 14.5. The van der Waals surface area contributed by atoms with Crippen LogP contribution in [-0.2, 0) is 22.6 Å². The third kappa shape index (κ3) is 4.03. The van der Waals surface area contributed by atoms with Crippen LogP contribution in [-0.4, -0.2) is 36.7 Å². The summed E-state index contributed by atoms with van der Waals surface area (Å²) in [6.07, 6.45) is 0.934. The molecular weight excluding hydrogens is 272 g/mol. The van der Waals surface area contributed by atoms with Gasteiger partial charge in [-0.1, -0.05) is 6.07 Å². The molecule has 1 heterocycles. The Balaban J connectivity index is 1.99. The molecule has 1 aliphatic heterocycles. The lowest BCUT2D eigenvalue weighted by Gasteiger charge is -2.14. The van der Waals surface area contributed by atoms with Gasteiger partial charge in [-0.25, -0.2) is 4.79 Å². The van der Waals surface area contributed by atoms with Gasteiger partial charge in [-0.05, 0) is 36.1 Å². The highest BCUT2D eigenvalue weighted by atomic mass is 16.5. The summed E-state index contributed by atoms with van der Waals surface area (Å²) in [6.45, 7) is 2.03. The lowest BCUT2D eigenvalue weighted by atomic mass is 10.1. The Morgan fingerprint density at radius 1 is 1.38 bits per heavy atom. The maximum atomic E-state index is 12.2. The highest BCUT2D eigenvalue weighted by Gasteiger charge is 2.21. The van der Waals surface area contributed by atoms with E-state index in [1.54, 1.807) is 13.2 Å². The van der Waals surface area contributed by atoms with Crippen LogP contribution in [0.1, 0.15) is 34.3 Å². The molecule has 1 amide bonds. The molecule has 1 aromatic rings. The number of hydrogen-bond acceptors (Lipinski definition) is 4. The molecule has 1 aliphatic rings. The van der Waals surface area contributed by atoms with Crippen molar-refractivity contribution in [1.82, 2.24) is 10.6 Å². The number of carboxylic acids is 1. The van der Waals surface area contributed by atoms with E-state index in [-0.39, 0.29) is 5.91 Å². The minimum Gasteiger partial charge on any atom is -0.480 e. The number of benzene rings is 1. The zero-order chi connectivity index (χ0) is 15.2. The lowest BCUT2D eigenvalue weighted by Crippen LogP contribution is -2.40. The van der Waals surface area contributed by atoms with Crippen LogP contribution < -0.4 is 10.6 Å². The molecule has 0 radical (unpaired) electrons. The van der Waals surface area contributed by atoms with E-state index in [2.05, 4.69) is 10.6 Å². The molecule has 1 unspecified atom stereocenters. The van der Waals surface area contributed by atoms with E-state index in [0.29, 0.717) is 25.0 Å². The van der Waals surface area contributed by atoms with E-state index in [1.165, 1.54) is 5.56 Å². The summed E-state index contributed by atoms with van der Waals surface area (Å²) in [5, 5.41) is 14.9. The Kier molecular flexibility index (Phi) is 5.30. The first-order valence-electron chi connectivity index (χ1n) is 6.97. The summed E-state index contributed by atoms with van der Waals surface area (Å²) >= 11 is 0. The van der Waals surface area contributed by atoms with Crippen LogP contribution in [0.15, 0.2) is 18.2 Å². The predicted molar refractivity (Wildman–Crippen MR) is 77.0 cm³/mol. The third-order valence-corrected chi connectivity index (χ3v) is 3.54. The van der Waals surface area contributed by atoms with Crippen molar-refractivity contribution in [1.29, 1.82) is 0 Å². The largest absolute Gasteiger partial charge is 0.480 e. The molecule has 114 valence electrons. The number of rotatable bonds is 7. The van der Waals surface area contributed by atoms with E-state index in [9.17, 15) is 9.59 Å². The number of methoxy groups -OCH3 is 1. The van der Waals surface area contributed by atoms with E-state index >= 15 is 0 Å². The van der Waals surface area contributed by atoms with Gasteiger partial charge in [-0.2, -0.15) is 0 Å². The molecule has 6 heteroatoms. The van der Waals surface area contributed by atoms with Gasteiger partial charge in [0.15, 0.2) is 0 Å². The number of hydrogen-bond donors (Lipinski definition) is 3. The Labute approximate surface area is 123 Å². The average molecular weight is 292 g/mol. The van der Waals surface area contributed by atoms with Gasteiger partial charge in [0.05, 0.1) is 0 Å². The van der Waals surface area contributed by atoms with Gasteiger partial charge in [0.2, 0.25) is 0 Å². The van der Waals surface area contributed by atoms with Crippen LogP contribution in [0.2, 0.25) is 0 Å². The second kappa shape index (κ2) is 7.19. The number of nitrogens with one attached hydrogen (secondary N) is 2. The van der Waals surface area contributed by atoms with Crippen LogP contribution in [0.4, 0.5) is 0 Å². The van der Waals surface area contributed by atoms with Crippen molar-refractivity contribution in [3.8, 4) is 0 Å². The van der Waals surface area contributed by atoms with E-state index in [1.807, 2.05) is 12.1 Å². The molecule has 2 rings (SSSR count). The number of carboxylic acid groups (broad SMARTS) is 1. The summed E-state index contributed by atoms with van der Waals surface area (Å²) in [5.74, 6) is -1.38. The number of carbonyl (C=O) groups is 2. The standard InChI is InChI=1S/C15H20N2O4/c1-21-6-2-3-13(15(19)20)17-14(18)10-4-5-11-8-16-9-12(11)7-10/h4-5,7,13,16H,2-3,6,8-9H2,1H3,(H,17,18)(H,19,20). The van der Waals surface area contributed by atoms with Crippen LogP contribution in [0.5, 0.6) is 0 Å².